The third kappa shape index (κ3) is 4.44. The van der Waals surface area contributed by atoms with Crippen molar-refractivity contribution in [3.63, 3.8) is 0 Å². The number of halogens is 1. The van der Waals surface area contributed by atoms with E-state index >= 15 is 0 Å². The maximum Gasteiger partial charge on any atom is 0.263 e. The van der Waals surface area contributed by atoms with Crippen LogP contribution in [0.25, 0.3) is 22.3 Å². The summed E-state index contributed by atoms with van der Waals surface area (Å²) in [6, 6.07) is 17.2. The highest BCUT2D eigenvalue weighted by atomic mass is 35.5. The van der Waals surface area contributed by atoms with E-state index in [9.17, 15) is 4.79 Å². The van der Waals surface area contributed by atoms with Crippen LogP contribution in [0.2, 0.25) is 5.15 Å². The summed E-state index contributed by atoms with van der Waals surface area (Å²) >= 11 is 6.21. The first-order valence-corrected chi connectivity index (χ1v) is 9.18. The molecular weight excluding hydrogens is 390 g/mol. The molecule has 0 bridgehead atoms. The number of nitrogens with one attached hydrogen (secondary N) is 1. The number of aryl methyl sites for hydroxylation is 1. The van der Waals surface area contributed by atoms with Crippen LogP contribution in [0.5, 0.6) is 0 Å². The molecule has 144 valence electrons. The second-order valence-corrected chi connectivity index (χ2v) is 6.73. The second kappa shape index (κ2) is 8.15. The average molecular weight is 406 g/mol. The quantitative estimate of drug-likeness (QED) is 0.312. The van der Waals surface area contributed by atoms with E-state index in [1.807, 2.05) is 61.5 Å². The van der Waals surface area contributed by atoms with Crippen molar-refractivity contribution in [1.29, 1.82) is 0 Å². The van der Waals surface area contributed by atoms with Crippen molar-refractivity contribution < 1.29 is 4.79 Å². The molecule has 0 fully saturated rings. The van der Waals surface area contributed by atoms with Gasteiger partial charge in [0.1, 0.15) is 11.7 Å². The zero-order valence-electron chi connectivity index (χ0n) is 15.5. The van der Waals surface area contributed by atoms with Crippen LogP contribution < -0.4 is 5.43 Å². The highest BCUT2D eigenvalue weighted by molar-refractivity contribution is 6.32. The van der Waals surface area contributed by atoms with Gasteiger partial charge in [-0.2, -0.15) is 9.90 Å². The monoisotopic (exact) mass is 405 g/mol. The third-order valence-corrected chi connectivity index (χ3v) is 4.42. The predicted molar refractivity (Wildman–Crippen MR) is 110 cm³/mol. The zero-order chi connectivity index (χ0) is 20.2. The lowest BCUT2D eigenvalue weighted by atomic mass is 10.1. The Bertz CT molecular complexity index is 1200. The zero-order valence-corrected chi connectivity index (χ0v) is 16.2. The molecule has 1 amide bonds. The van der Waals surface area contributed by atoms with Crippen LogP contribution in [-0.2, 0) is 11.3 Å². The number of carbonyl (C=O) groups excluding carboxylic acids is 1. The molecule has 2 heterocycles. The number of fused-ring (bicyclic) bond motifs is 1. The number of pyridine rings is 1. The summed E-state index contributed by atoms with van der Waals surface area (Å²) < 4.78 is 0. The molecule has 0 radical (unpaired) electrons. The van der Waals surface area contributed by atoms with E-state index in [2.05, 4.69) is 30.9 Å². The van der Waals surface area contributed by atoms with E-state index < -0.39 is 5.91 Å². The summed E-state index contributed by atoms with van der Waals surface area (Å²) in [4.78, 5) is 17.7. The van der Waals surface area contributed by atoms with Gasteiger partial charge in [-0.1, -0.05) is 54.1 Å². The highest BCUT2D eigenvalue weighted by Gasteiger charge is 2.09. The van der Waals surface area contributed by atoms with E-state index in [-0.39, 0.29) is 6.54 Å². The number of benzene rings is 2. The van der Waals surface area contributed by atoms with E-state index in [4.69, 9.17) is 11.6 Å². The molecule has 1 N–H and O–H groups in total. The normalized spacial score (nSPS) is 11.2. The number of rotatable bonds is 5. The largest absolute Gasteiger partial charge is 0.271 e. The lowest BCUT2D eigenvalue weighted by Gasteiger charge is -2.03. The third-order valence-electron chi connectivity index (χ3n) is 4.12. The van der Waals surface area contributed by atoms with E-state index in [0.717, 1.165) is 22.0 Å². The number of hydrogen-bond acceptors (Lipinski definition) is 6. The number of nitrogens with zero attached hydrogens (tertiary/aromatic N) is 6. The maximum absolute atomic E-state index is 12.1. The van der Waals surface area contributed by atoms with Crippen molar-refractivity contribution in [2.75, 3.05) is 0 Å². The molecule has 0 spiro atoms. The summed E-state index contributed by atoms with van der Waals surface area (Å²) in [5.41, 5.74) is 5.77. The van der Waals surface area contributed by atoms with Crippen LogP contribution in [0.4, 0.5) is 0 Å². The van der Waals surface area contributed by atoms with Gasteiger partial charge < -0.3 is 0 Å². The topological polar surface area (TPSA) is 98.0 Å². The molecule has 0 aliphatic heterocycles. The maximum atomic E-state index is 12.1. The molecule has 4 aromatic rings. The van der Waals surface area contributed by atoms with Gasteiger partial charge >= 0.3 is 0 Å². The van der Waals surface area contributed by atoms with Gasteiger partial charge in [0.25, 0.3) is 5.91 Å². The molecule has 0 aliphatic rings. The molecule has 4 rings (SSSR count). The highest BCUT2D eigenvalue weighted by Crippen LogP contribution is 2.20. The molecule has 0 atom stereocenters. The Labute approximate surface area is 171 Å². The molecule has 0 saturated heterocycles. The molecule has 0 unspecified atom stereocenters. The minimum Gasteiger partial charge on any atom is -0.271 e. The van der Waals surface area contributed by atoms with Crippen molar-refractivity contribution >= 4 is 34.6 Å². The lowest BCUT2D eigenvalue weighted by Crippen LogP contribution is -2.24. The number of aromatic nitrogens is 5. The van der Waals surface area contributed by atoms with Crippen molar-refractivity contribution in [1.82, 2.24) is 30.6 Å². The Hall–Kier alpha value is -3.65. The molecule has 8 nitrogen and oxygen atoms in total. The van der Waals surface area contributed by atoms with Crippen LogP contribution >= 0.6 is 11.6 Å². The standard InChI is InChI=1S/C20H16ClN7O/c1-13-7-8-15-10-16(19(21)23-17(15)9-13)11-22-24-18(29)12-28-26-20(25-27-28)14-5-3-2-4-6-14/h2-11H,12H2,1H3,(H,24,29)/b22-11+. The molecule has 0 saturated carbocycles. The fourth-order valence-corrected chi connectivity index (χ4v) is 2.91. The van der Waals surface area contributed by atoms with Crippen molar-refractivity contribution in [2.45, 2.75) is 13.5 Å². The van der Waals surface area contributed by atoms with Gasteiger partial charge in [0.2, 0.25) is 5.82 Å². The van der Waals surface area contributed by atoms with Gasteiger partial charge in [-0.05, 0) is 29.8 Å². The number of hydrogen-bond donors (Lipinski definition) is 1. The summed E-state index contributed by atoms with van der Waals surface area (Å²) in [6.45, 7) is 1.88. The summed E-state index contributed by atoms with van der Waals surface area (Å²) in [5.74, 6) is 0.0601. The van der Waals surface area contributed by atoms with E-state index in [1.165, 1.54) is 11.0 Å². The molecule has 2 aromatic carbocycles. The first kappa shape index (κ1) is 18.7. The smallest absolute Gasteiger partial charge is 0.263 e. The molecular formula is C20H16ClN7O. The lowest BCUT2D eigenvalue weighted by molar-refractivity contribution is -0.122. The Balaban J connectivity index is 1.40. The average Bonchev–Trinajstić information content (AvgIpc) is 3.17. The number of amides is 1. The van der Waals surface area contributed by atoms with Crippen LogP contribution in [0.3, 0.4) is 0 Å². The van der Waals surface area contributed by atoms with Crippen LogP contribution in [-0.4, -0.2) is 37.3 Å². The van der Waals surface area contributed by atoms with Crippen molar-refractivity contribution in [3.8, 4) is 11.4 Å². The SMILES string of the molecule is Cc1ccc2cc(/C=N/NC(=O)Cn3nnc(-c4ccccc4)n3)c(Cl)nc2c1. The second-order valence-electron chi connectivity index (χ2n) is 6.37. The van der Waals surface area contributed by atoms with Gasteiger partial charge in [0, 0.05) is 16.5 Å². The number of tetrazole rings is 1. The fraction of sp³-hybridized carbons (Fsp3) is 0.100. The van der Waals surface area contributed by atoms with Gasteiger partial charge in [-0.3, -0.25) is 4.79 Å². The molecule has 29 heavy (non-hydrogen) atoms. The predicted octanol–water partition coefficient (Wildman–Crippen LogP) is 3.00. The molecule has 2 aromatic heterocycles. The van der Waals surface area contributed by atoms with Crippen molar-refractivity contribution in [3.05, 3.63) is 70.9 Å². The van der Waals surface area contributed by atoms with Crippen LogP contribution in [0.1, 0.15) is 11.1 Å². The summed E-state index contributed by atoms with van der Waals surface area (Å²) in [7, 11) is 0. The Morgan fingerprint density at radius 1 is 1.21 bits per heavy atom. The first-order chi connectivity index (χ1) is 14.1. The fourth-order valence-electron chi connectivity index (χ4n) is 2.71. The van der Waals surface area contributed by atoms with E-state index in [1.54, 1.807) is 0 Å². The summed E-state index contributed by atoms with van der Waals surface area (Å²) in [6.07, 6.45) is 1.46. The summed E-state index contributed by atoms with van der Waals surface area (Å²) in [5, 5.41) is 17.2. The Morgan fingerprint density at radius 3 is 2.86 bits per heavy atom. The molecule has 9 heteroatoms. The Kier molecular flexibility index (Phi) is 5.26. The van der Waals surface area contributed by atoms with Gasteiger partial charge in [0.15, 0.2) is 0 Å². The van der Waals surface area contributed by atoms with Crippen LogP contribution in [0.15, 0.2) is 59.7 Å². The van der Waals surface area contributed by atoms with Gasteiger partial charge in [0.05, 0.1) is 11.7 Å². The van der Waals surface area contributed by atoms with Crippen LogP contribution in [0, 0.1) is 6.92 Å². The van der Waals surface area contributed by atoms with Gasteiger partial charge in [-0.15, -0.1) is 10.2 Å². The number of hydrazone groups is 1. The number of carbonyl (C=O) groups is 1. The Morgan fingerprint density at radius 2 is 2.03 bits per heavy atom. The van der Waals surface area contributed by atoms with E-state index in [0.29, 0.717) is 16.5 Å². The first-order valence-electron chi connectivity index (χ1n) is 8.80. The minimum absolute atomic E-state index is 0.111. The van der Waals surface area contributed by atoms with Gasteiger partial charge in [-0.25, -0.2) is 10.4 Å². The molecule has 0 aliphatic carbocycles. The minimum atomic E-state index is -0.390. The van der Waals surface area contributed by atoms with Crippen molar-refractivity contribution in [2.24, 2.45) is 5.10 Å².